The van der Waals surface area contributed by atoms with Crippen molar-refractivity contribution in [2.24, 2.45) is 11.8 Å². The van der Waals surface area contributed by atoms with Crippen LogP contribution in [0.3, 0.4) is 0 Å². The predicted octanol–water partition coefficient (Wildman–Crippen LogP) is 3.18. The summed E-state index contributed by atoms with van der Waals surface area (Å²) in [7, 11) is 0. The largest absolute Gasteiger partial charge is 0.197 e. The zero-order chi connectivity index (χ0) is 15.2. The smallest absolute Gasteiger partial charge is 0.152 e. The monoisotopic (exact) mass is 270 g/mol. The Hall–Kier alpha value is -3.34. The molecule has 1 aliphatic rings. The van der Waals surface area contributed by atoms with Gasteiger partial charge in [-0.2, -0.15) is 21.0 Å². The quantitative estimate of drug-likeness (QED) is 0.824. The fraction of sp³-hybridized carbons (Fsp3) is 0.176. The normalized spacial score (nSPS) is 16.3. The molecule has 0 amide bonds. The van der Waals surface area contributed by atoms with Gasteiger partial charge >= 0.3 is 0 Å². The molecule has 0 spiro atoms. The second-order valence-corrected chi connectivity index (χ2v) is 4.58. The summed E-state index contributed by atoms with van der Waals surface area (Å²) in [6.07, 6.45) is 3.82. The molecular weight excluding hydrogens is 260 g/mol. The lowest BCUT2D eigenvalue weighted by molar-refractivity contribution is 1.08. The lowest BCUT2D eigenvalue weighted by atomic mass is 10.0. The maximum atomic E-state index is 8.90. The number of benzene rings is 1. The molecule has 0 atom stereocenters. The zero-order valence-electron chi connectivity index (χ0n) is 11.1. The van der Waals surface area contributed by atoms with Gasteiger partial charge in [0, 0.05) is 0 Å². The Morgan fingerprint density at radius 2 is 1.14 bits per heavy atom. The van der Waals surface area contributed by atoms with E-state index in [1.54, 1.807) is 12.2 Å². The van der Waals surface area contributed by atoms with Crippen molar-refractivity contribution in [3.05, 3.63) is 47.5 Å². The van der Waals surface area contributed by atoms with Crippen molar-refractivity contribution < 1.29 is 0 Å². The number of nitriles is 4. The first-order chi connectivity index (χ1) is 10.2. The van der Waals surface area contributed by atoms with Crippen LogP contribution in [-0.4, -0.2) is 0 Å². The van der Waals surface area contributed by atoms with E-state index in [9.17, 15) is 0 Å². The van der Waals surface area contributed by atoms with Crippen LogP contribution in [0.5, 0.6) is 0 Å². The third kappa shape index (κ3) is 2.82. The van der Waals surface area contributed by atoms with Crippen molar-refractivity contribution in [2.75, 3.05) is 0 Å². The van der Waals surface area contributed by atoms with Crippen molar-refractivity contribution >= 4 is 11.1 Å². The summed E-state index contributed by atoms with van der Waals surface area (Å²) in [6, 6.07) is 15.3. The molecule has 1 aliphatic carbocycles. The van der Waals surface area contributed by atoms with Gasteiger partial charge in [-0.15, -0.1) is 0 Å². The van der Waals surface area contributed by atoms with Gasteiger partial charge in [-0.1, -0.05) is 24.3 Å². The summed E-state index contributed by atoms with van der Waals surface area (Å²) in [6.45, 7) is 0. The van der Waals surface area contributed by atoms with Crippen molar-refractivity contribution in [2.45, 2.75) is 6.42 Å². The van der Waals surface area contributed by atoms with Gasteiger partial charge in [-0.25, -0.2) is 0 Å². The molecule has 0 aliphatic heterocycles. The van der Waals surface area contributed by atoms with Crippen LogP contribution in [0.15, 0.2) is 36.4 Å². The fourth-order valence-electron chi connectivity index (χ4n) is 2.35. The average Bonchev–Trinajstić information content (AvgIpc) is 2.88. The number of hydrogen-bond acceptors (Lipinski definition) is 4. The van der Waals surface area contributed by atoms with E-state index < -0.39 is 11.8 Å². The van der Waals surface area contributed by atoms with E-state index in [4.69, 9.17) is 21.0 Å². The number of fused-ring (bicyclic) bond motifs is 1. The molecule has 0 bridgehead atoms. The maximum absolute atomic E-state index is 8.90. The molecule has 0 saturated carbocycles. The number of hydrogen-bond donors (Lipinski definition) is 0. The molecule has 2 rings (SSSR count). The van der Waals surface area contributed by atoms with Crippen LogP contribution < -0.4 is 0 Å². The van der Waals surface area contributed by atoms with Crippen molar-refractivity contribution in [3.63, 3.8) is 0 Å². The standard InChI is InChI=1S/C17H10N4/c18-8-12(9-19)5-14-7-15(6-13(10-20)11-21)17-4-2-1-3-16(14)17/h1-6,12-13H,7H2/b14-5-,15-6+. The topological polar surface area (TPSA) is 95.2 Å². The molecule has 4 nitrogen and oxygen atoms in total. The Bertz CT molecular complexity index is 693. The van der Waals surface area contributed by atoms with Crippen LogP contribution in [0.1, 0.15) is 17.5 Å². The Morgan fingerprint density at radius 3 is 1.48 bits per heavy atom. The zero-order valence-corrected chi connectivity index (χ0v) is 11.1. The highest BCUT2D eigenvalue weighted by Gasteiger charge is 2.22. The molecule has 0 unspecified atom stereocenters. The minimum Gasteiger partial charge on any atom is -0.197 e. The highest BCUT2D eigenvalue weighted by atomic mass is 14.3. The Labute approximate surface area is 123 Å². The summed E-state index contributed by atoms with van der Waals surface area (Å²) in [4.78, 5) is 0. The molecule has 1 aromatic rings. The van der Waals surface area contributed by atoms with E-state index in [2.05, 4.69) is 0 Å². The molecule has 21 heavy (non-hydrogen) atoms. The lowest BCUT2D eigenvalue weighted by Crippen LogP contribution is -1.89. The number of nitrogens with zero attached hydrogens (tertiary/aromatic N) is 4. The summed E-state index contributed by atoms with van der Waals surface area (Å²) >= 11 is 0. The van der Waals surface area contributed by atoms with E-state index in [1.807, 2.05) is 48.5 Å². The van der Waals surface area contributed by atoms with Crippen LogP contribution >= 0.6 is 0 Å². The van der Waals surface area contributed by atoms with E-state index >= 15 is 0 Å². The van der Waals surface area contributed by atoms with E-state index in [1.165, 1.54) is 0 Å². The minimum absolute atomic E-state index is 0.527. The molecule has 1 aromatic carbocycles. The van der Waals surface area contributed by atoms with E-state index in [0.29, 0.717) is 6.42 Å². The highest BCUT2D eigenvalue weighted by molar-refractivity contribution is 5.92. The van der Waals surface area contributed by atoms with Crippen LogP contribution in [0.4, 0.5) is 0 Å². The SMILES string of the molecule is N#CC(C#N)/C=C1/C/C(=C\C(C#N)C#N)c2ccccc21. The van der Waals surface area contributed by atoms with Crippen molar-refractivity contribution in [3.8, 4) is 24.3 Å². The molecule has 0 saturated heterocycles. The van der Waals surface area contributed by atoms with Gasteiger partial charge in [0.05, 0.1) is 24.3 Å². The molecule has 0 heterocycles. The van der Waals surface area contributed by atoms with Crippen LogP contribution in [0.2, 0.25) is 0 Å². The Kier molecular flexibility index (Phi) is 4.16. The molecule has 0 radical (unpaired) electrons. The Balaban J connectivity index is 2.50. The first-order valence-corrected chi connectivity index (χ1v) is 6.33. The van der Waals surface area contributed by atoms with Crippen LogP contribution in [0, 0.1) is 57.2 Å². The average molecular weight is 270 g/mol. The first-order valence-electron chi connectivity index (χ1n) is 6.33. The number of rotatable bonds is 2. The molecule has 98 valence electrons. The van der Waals surface area contributed by atoms with E-state index in [0.717, 1.165) is 22.3 Å². The minimum atomic E-state index is -0.796. The number of allylic oxidation sites excluding steroid dienone is 4. The summed E-state index contributed by atoms with van der Waals surface area (Å²) < 4.78 is 0. The second kappa shape index (κ2) is 6.21. The lowest BCUT2D eigenvalue weighted by Gasteiger charge is -2.00. The van der Waals surface area contributed by atoms with Gasteiger partial charge in [-0.3, -0.25) is 0 Å². The highest BCUT2D eigenvalue weighted by Crippen LogP contribution is 2.41. The molecular formula is C17H10N4. The first kappa shape index (κ1) is 14.1. The molecule has 0 fully saturated rings. The van der Waals surface area contributed by atoms with Gasteiger partial charge in [0.1, 0.15) is 0 Å². The fourth-order valence-corrected chi connectivity index (χ4v) is 2.35. The van der Waals surface area contributed by atoms with Crippen LogP contribution in [0.25, 0.3) is 11.1 Å². The molecule has 0 N–H and O–H groups in total. The third-order valence-corrected chi connectivity index (χ3v) is 3.29. The van der Waals surface area contributed by atoms with Crippen LogP contribution in [-0.2, 0) is 0 Å². The second-order valence-electron chi connectivity index (χ2n) is 4.58. The summed E-state index contributed by atoms with van der Waals surface area (Å²) in [5, 5.41) is 35.6. The summed E-state index contributed by atoms with van der Waals surface area (Å²) in [5.74, 6) is -1.59. The van der Waals surface area contributed by atoms with Gasteiger partial charge < -0.3 is 0 Å². The van der Waals surface area contributed by atoms with Gasteiger partial charge in [-0.05, 0) is 40.8 Å². The Morgan fingerprint density at radius 1 is 0.762 bits per heavy atom. The van der Waals surface area contributed by atoms with Gasteiger partial charge in [0.15, 0.2) is 11.8 Å². The third-order valence-electron chi connectivity index (χ3n) is 3.29. The van der Waals surface area contributed by atoms with Gasteiger partial charge in [0.2, 0.25) is 0 Å². The molecule has 0 aromatic heterocycles. The van der Waals surface area contributed by atoms with Crippen molar-refractivity contribution in [1.29, 1.82) is 21.0 Å². The molecule has 4 heteroatoms. The van der Waals surface area contributed by atoms with Crippen molar-refractivity contribution in [1.82, 2.24) is 0 Å². The predicted molar refractivity (Wildman–Crippen MR) is 76.4 cm³/mol. The van der Waals surface area contributed by atoms with E-state index in [-0.39, 0.29) is 0 Å². The summed E-state index contributed by atoms with van der Waals surface area (Å²) in [5.41, 5.74) is 3.68. The van der Waals surface area contributed by atoms with Gasteiger partial charge in [0.25, 0.3) is 0 Å². The maximum Gasteiger partial charge on any atom is 0.152 e.